The molecule has 186 valence electrons. The van der Waals surface area contributed by atoms with Gasteiger partial charge in [0, 0.05) is 25.4 Å². The Hall–Kier alpha value is -2.76. The molecule has 0 saturated carbocycles. The van der Waals surface area contributed by atoms with Crippen molar-refractivity contribution >= 4 is 26.0 Å². The Labute approximate surface area is 206 Å². The van der Waals surface area contributed by atoms with Crippen molar-refractivity contribution in [2.75, 3.05) is 27.3 Å². The molecule has 0 amide bonds. The molecule has 1 fully saturated rings. The van der Waals surface area contributed by atoms with Gasteiger partial charge in [-0.15, -0.1) is 0 Å². The van der Waals surface area contributed by atoms with Crippen LogP contribution in [0.1, 0.15) is 24.0 Å². The summed E-state index contributed by atoms with van der Waals surface area (Å²) < 4.78 is 39.0. The second-order valence-corrected chi connectivity index (χ2v) is 9.75. The number of benzene rings is 3. The number of ether oxygens (including phenoxy) is 2. The summed E-state index contributed by atoms with van der Waals surface area (Å²) in [6.45, 7) is 1.48. The molecule has 1 saturated heterocycles. The van der Waals surface area contributed by atoms with Crippen LogP contribution in [0.25, 0.3) is 21.9 Å². The van der Waals surface area contributed by atoms with Gasteiger partial charge in [-0.1, -0.05) is 45.6 Å². The van der Waals surface area contributed by atoms with E-state index in [4.69, 9.17) is 14.6 Å². The molecule has 35 heavy (non-hydrogen) atoms. The van der Waals surface area contributed by atoms with Gasteiger partial charge in [0.1, 0.15) is 11.5 Å². The van der Waals surface area contributed by atoms with E-state index in [1.807, 2.05) is 53.4 Å². The van der Waals surface area contributed by atoms with E-state index in [0.29, 0.717) is 44.0 Å². The molecule has 3 aromatic rings. The predicted octanol–water partition coefficient (Wildman–Crippen LogP) is 5.83. The van der Waals surface area contributed by atoms with Gasteiger partial charge in [0.25, 0.3) is 5.66 Å². The van der Waals surface area contributed by atoms with Gasteiger partial charge in [0.2, 0.25) is 0 Å². The molecule has 1 aliphatic heterocycles. The number of aryl methyl sites for hydroxylation is 1. The van der Waals surface area contributed by atoms with Crippen LogP contribution < -0.4 is 9.47 Å². The van der Waals surface area contributed by atoms with Crippen LogP contribution >= 0.6 is 9.24 Å². The molecule has 0 bridgehead atoms. The van der Waals surface area contributed by atoms with Gasteiger partial charge in [-0.25, -0.2) is 8.78 Å². The summed E-state index contributed by atoms with van der Waals surface area (Å²) in [5, 5.41) is 11.1. The Balaban J connectivity index is 1.71. The van der Waals surface area contributed by atoms with Crippen molar-refractivity contribution in [1.29, 1.82) is 0 Å². The molecule has 2 atom stereocenters. The molecule has 3 aromatic carbocycles. The molecule has 0 radical (unpaired) electrons. The van der Waals surface area contributed by atoms with E-state index in [0.717, 1.165) is 33.0 Å². The lowest BCUT2D eigenvalue weighted by Gasteiger charge is -2.22. The second-order valence-electron chi connectivity index (χ2n) is 8.98. The molecule has 1 N–H and O–H groups in total. The highest BCUT2D eigenvalue weighted by molar-refractivity contribution is 7.18. The SMILES string of the molecule is COc1cc(CN2CCC(C(F)(F)P)C2)cc(OC)c1-c1cccc2c(CCC(=O)O)cccc12. The first-order valence-electron chi connectivity index (χ1n) is 11.6. The molecule has 5 nitrogen and oxygen atoms in total. The Morgan fingerprint density at radius 2 is 1.77 bits per heavy atom. The Kier molecular flexibility index (Phi) is 7.58. The Bertz CT molecular complexity index is 1200. The summed E-state index contributed by atoms with van der Waals surface area (Å²) in [5.74, 6) is -0.228. The predicted molar refractivity (Wildman–Crippen MR) is 136 cm³/mol. The van der Waals surface area contributed by atoms with E-state index < -0.39 is 17.6 Å². The van der Waals surface area contributed by atoms with E-state index in [1.165, 1.54) is 0 Å². The molecular formula is C27H30F2NO4P. The fourth-order valence-electron chi connectivity index (χ4n) is 4.92. The highest BCUT2D eigenvalue weighted by atomic mass is 31.0. The van der Waals surface area contributed by atoms with E-state index >= 15 is 0 Å². The minimum absolute atomic E-state index is 0.0602. The zero-order valence-corrected chi connectivity index (χ0v) is 21.0. The monoisotopic (exact) mass is 501 g/mol. The Morgan fingerprint density at radius 3 is 2.37 bits per heavy atom. The first-order chi connectivity index (χ1) is 16.7. The molecule has 1 aliphatic rings. The van der Waals surface area contributed by atoms with Crippen molar-refractivity contribution in [2.24, 2.45) is 5.92 Å². The van der Waals surface area contributed by atoms with Crippen molar-refractivity contribution < 1.29 is 28.2 Å². The lowest BCUT2D eigenvalue weighted by molar-refractivity contribution is -0.136. The van der Waals surface area contributed by atoms with E-state index in [-0.39, 0.29) is 6.42 Å². The Morgan fingerprint density at radius 1 is 1.11 bits per heavy atom. The largest absolute Gasteiger partial charge is 0.496 e. The number of nitrogens with zero attached hydrogens (tertiary/aromatic N) is 1. The summed E-state index contributed by atoms with van der Waals surface area (Å²) in [6, 6.07) is 15.7. The van der Waals surface area contributed by atoms with Crippen LogP contribution in [0, 0.1) is 5.92 Å². The molecule has 8 heteroatoms. The van der Waals surface area contributed by atoms with Crippen LogP contribution in [-0.2, 0) is 17.8 Å². The molecular weight excluding hydrogens is 471 g/mol. The van der Waals surface area contributed by atoms with Gasteiger partial charge in [-0.2, -0.15) is 0 Å². The van der Waals surface area contributed by atoms with Crippen molar-refractivity contribution in [3.05, 3.63) is 59.7 Å². The van der Waals surface area contributed by atoms with Crippen LogP contribution in [0.5, 0.6) is 11.5 Å². The highest BCUT2D eigenvalue weighted by Crippen LogP contribution is 2.44. The molecule has 2 unspecified atom stereocenters. The van der Waals surface area contributed by atoms with E-state index in [1.54, 1.807) is 23.5 Å². The summed E-state index contributed by atoms with van der Waals surface area (Å²) in [4.78, 5) is 13.1. The zero-order valence-electron chi connectivity index (χ0n) is 19.9. The van der Waals surface area contributed by atoms with Gasteiger partial charge >= 0.3 is 5.97 Å². The topological polar surface area (TPSA) is 59.0 Å². The quantitative estimate of drug-likeness (QED) is 0.374. The van der Waals surface area contributed by atoms with Crippen molar-refractivity contribution in [3.8, 4) is 22.6 Å². The number of methoxy groups -OCH3 is 2. The summed E-state index contributed by atoms with van der Waals surface area (Å²) in [5.41, 5.74) is 0.860. The first-order valence-corrected chi connectivity index (χ1v) is 12.2. The number of hydrogen-bond acceptors (Lipinski definition) is 4. The van der Waals surface area contributed by atoms with Gasteiger partial charge in [-0.05, 0) is 59.0 Å². The molecule has 0 aromatic heterocycles. The smallest absolute Gasteiger partial charge is 0.303 e. The minimum Gasteiger partial charge on any atom is -0.496 e. The second kappa shape index (κ2) is 10.5. The average Bonchev–Trinajstić information content (AvgIpc) is 3.31. The number of carboxylic acids is 1. The zero-order chi connectivity index (χ0) is 25.2. The minimum atomic E-state index is -2.76. The lowest BCUT2D eigenvalue weighted by Crippen LogP contribution is -2.26. The van der Waals surface area contributed by atoms with E-state index in [9.17, 15) is 13.6 Å². The fraction of sp³-hybridized carbons (Fsp3) is 0.370. The maximum absolute atomic E-state index is 13.7. The lowest BCUT2D eigenvalue weighted by atomic mass is 9.92. The maximum Gasteiger partial charge on any atom is 0.303 e. The number of rotatable bonds is 9. The summed E-state index contributed by atoms with van der Waals surface area (Å²) in [7, 11) is 4.88. The van der Waals surface area contributed by atoms with Gasteiger partial charge in [-0.3, -0.25) is 9.69 Å². The standard InChI is InChI=1S/C27H30F2NO4P/c1-33-23-13-17(15-30-12-11-19(16-30)27(28,29)35)14-24(34-2)26(23)22-8-4-6-20-18(9-10-25(31)32)5-3-7-21(20)22/h3-8,13-14,19H,9-12,15-16,35H2,1-2H3,(H,31,32). The number of aliphatic carboxylic acids is 1. The van der Waals surface area contributed by atoms with Crippen molar-refractivity contribution in [3.63, 3.8) is 0 Å². The van der Waals surface area contributed by atoms with Crippen molar-refractivity contribution in [2.45, 2.75) is 31.5 Å². The number of fused-ring (bicyclic) bond motifs is 1. The van der Waals surface area contributed by atoms with E-state index in [2.05, 4.69) is 0 Å². The highest BCUT2D eigenvalue weighted by Gasteiger charge is 2.39. The third kappa shape index (κ3) is 5.57. The van der Waals surface area contributed by atoms with Gasteiger partial charge in [0.15, 0.2) is 0 Å². The molecule has 1 heterocycles. The first kappa shape index (κ1) is 25.3. The van der Waals surface area contributed by atoms with Crippen LogP contribution in [-0.4, -0.2) is 48.9 Å². The summed E-state index contributed by atoms with van der Waals surface area (Å²) >= 11 is 0. The number of hydrogen-bond donors (Lipinski definition) is 1. The average molecular weight is 502 g/mol. The third-order valence-electron chi connectivity index (χ3n) is 6.68. The molecule has 0 spiro atoms. The normalized spacial score (nSPS) is 16.5. The van der Waals surface area contributed by atoms with Crippen molar-refractivity contribution in [1.82, 2.24) is 4.90 Å². The van der Waals surface area contributed by atoms with Gasteiger partial charge in [0.05, 0.1) is 19.8 Å². The van der Waals surface area contributed by atoms with Gasteiger partial charge < -0.3 is 14.6 Å². The fourth-order valence-corrected chi connectivity index (χ4v) is 5.20. The number of carboxylic acid groups (broad SMARTS) is 1. The van der Waals surface area contributed by atoms with Crippen LogP contribution in [0.2, 0.25) is 0 Å². The van der Waals surface area contributed by atoms with Crippen LogP contribution in [0.3, 0.4) is 0 Å². The number of carbonyl (C=O) groups is 1. The van der Waals surface area contributed by atoms with Crippen LogP contribution in [0.15, 0.2) is 48.5 Å². The number of halogens is 2. The molecule has 4 rings (SSSR count). The summed E-state index contributed by atoms with van der Waals surface area (Å²) in [6.07, 6.45) is 0.962. The number of likely N-dealkylation sites (tertiary alicyclic amines) is 1. The molecule has 0 aliphatic carbocycles. The maximum atomic E-state index is 13.7. The van der Waals surface area contributed by atoms with Crippen LogP contribution in [0.4, 0.5) is 8.78 Å². The third-order valence-corrected chi connectivity index (χ3v) is 7.15. The number of alkyl halides is 2.